The van der Waals surface area contributed by atoms with Gasteiger partial charge in [0.2, 0.25) is 5.91 Å². The number of carbonyl (C=O) groups is 1. The fourth-order valence-corrected chi connectivity index (χ4v) is 1.29. The van der Waals surface area contributed by atoms with Crippen LogP contribution in [0.25, 0.3) is 0 Å². The van der Waals surface area contributed by atoms with Gasteiger partial charge in [0, 0.05) is 25.1 Å². The zero-order chi connectivity index (χ0) is 12.7. The number of nitrogens with one attached hydrogen (secondary N) is 2. The third-order valence-electron chi connectivity index (χ3n) is 2.34. The first-order valence-electron chi connectivity index (χ1n) is 5.72. The first-order chi connectivity index (χ1) is 8.15. The van der Waals surface area contributed by atoms with Crippen LogP contribution in [0.4, 0.5) is 11.6 Å². The van der Waals surface area contributed by atoms with E-state index < -0.39 is 0 Å². The summed E-state index contributed by atoms with van der Waals surface area (Å²) >= 11 is 0. The van der Waals surface area contributed by atoms with Crippen LogP contribution in [-0.2, 0) is 4.79 Å². The Morgan fingerprint density at radius 2 is 2.18 bits per heavy atom. The predicted molar refractivity (Wildman–Crippen MR) is 67.6 cm³/mol. The maximum Gasteiger partial charge on any atom is 0.221 e. The van der Waals surface area contributed by atoms with Crippen molar-refractivity contribution in [3.63, 3.8) is 0 Å². The van der Waals surface area contributed by atoms with Gasteiger partial charge in [0.05, 0.1) is 0 Å². The van der Waals surface area contributed by atoms with Crippen molar-refractivity contribution in [2.45, 2.75) is 26.7 Å². The third-order valence-corrected chi connectivity index (χ3v) is 2.34. The molecule has 0 bridgehead atoms. The molecule has 1 rings (SSSR count). The molecule has 0 aliphatic rings. The summed E-state index contributed by atoms with van der Waals surface area (Å²) in [6, 6.07) is 0. The first kappa shape index (κ1) is 13.2. The van der Waals surface area contributed by atoms with Crippen molar-refractivity contribution in [2.75, 3.05) is 24.1 Å². The van der Waals surface area contributed by atoms with E-state index in [0.717, 1.165) is 18.5 Å². The van der Waals surface area contributed by atoms with E-state index in [2.05, 4.69) is 20.6 Å². The van der Waals surface area contributed by atoms with Gasteiger partial charge in [-0.15, -0.1) is 0 Å². The van der Waals surface area contributed by atoms with Gasteiger partial charge >= 0.3 is 0 Å². The topological polar surface area (TPSA) is 92.9 Å². The van der Waals surface area contributed by atoms with E-state index in [1.54, 1.807) is 0 Å². The molecule has 4 N–H and O–H groups in total. The summed E-state index contributed by atoms with van der Waals surface area (Å²) in [6.07, 6.45) is 2.77. The molecule has 0 fully saturated rings. The largest absolute Gasteiger partial charge is 0.383 e. The van der Waals surface area contributed by atoms with E-state index in [0.29, 0.717) is 24.6 Å². The van der Waals surface area contributed by atoms with Crippen molar-refractivity contribution in [2.24, 2.45) is 0 Å². The minimum atomic E-state index is 0.0408. The van der Waals surface area contributed by atoms with Crippen LogP contribution in [0.2, 0.25) is 0 Å². The lowest BCUT2D eigenvalue weighted by Crippen LogP contribution is -2.26. The van der Waals surface area contributed by atoms with Gasteiger partial charge in [0.15, 0.2) is 0 Å². The number of nitrogens with zero attached hydrogens (tertiary/aromatic N) is 2. The number of hydrogen-bond donors (Lipinski definition) is 3. The summed E-state index contributed by atoms with van der Waals surface area (Å²) in [5.41, 5.74) is 6.45. The van der Waals surface area contributed by atoms with Gasteiger partial charge in [-0.05, 0) is 13.3 Å². The first-order valence-corrected chi connectivity index (χ1v) is 5.72. The highest BCUT2D eigenvalue weighted by atomic mass is 16.1. The summed E-state index contributed by atoms with van der Waals surface area (Å²) in [5, 5.41) is 5.88. The molecule has 17 heavy (non-hydrogen) atoms. The van der Waals surface area contributed by atoms with E-state index in [-0.39, 0.29) is 5.91 Å². The predicted octanol–water partition coefficient (Wildman–Crippen LogP) is 0.695. The molecule has 1 amide bonds. The zero-order valence-corrected chi connectivity index (χ0v) is 10.3. The van der Waals surface area contributed by atoms with Crippen molar-refractivity contribution in [3.05, 3.63) is 11.9 Å². The number of nitrogens with two attached hydrogens (primary N) is 1. The Bertz CT molecular complexity index is 380. The van der Waals surface area contributed by atoms with Crippen LogP contribution in [0.1, 0.15) is 25.3 Å². The Morgan fingerprint density at radius 1 is 1.41 bits per heavy atom. The van der Waals surface area contributed by atoms with Crippen molar-refractivity contribution < 1.29 is 4.79 Å². The van der Waals surface area contributed by atoms with E-state index in [1.165, 1.54) is 6.33 Å². The third kappa shape index (κ3) is 4.26. The number of aromatic nitrogens is 2. The molecule has 0 aromatic carbocycles. The van der Waals surface area contributed by atoms with Crippen LogP contribution in [-0.4, -0.2) is 29.0 Å². The summed E-state index contributed by atoms with van der Waals surface area (Å²) in [6.45, 7) is 5.12. The van der Waals surface area contributed by atoms with Gasteiger partial charge in [-0.1, -0.05) is 6.92 Å². The average Bonchev–Trinajstić information content (AvgIpc) is 2.32. The Balaban J connectivity index is 2.36. The molecule has 0 saturated heterocycles. The second-order valence-corrected chi connectivity index (χ2v) is 3.76. The number of amides is 1. The molecule has 0 aliphatic heterocycles. The van der Waals surface area contributed by atoms with Crippen LogP contribution in [0.15, 0.2) is 6.33 Å². The summed E-state index contributed by atoms with van der Waals surface area (Å²) in [5.74, 6) is 1.18. The fraction of sp³-hybridized carbons (Fsp3) is 0.545. The minimum Gasteiger partial charge on any atom is -0.383 e. The summed E-state index contributed by atoms with van der Waals surface area (Å²) < 4.78 is 0. The molecule has 0 saturated carbocycles. The van der Waals surface area contributed by atoms with Crippen LogP contribution < -0.4 is 16.4 Å². The van der Waals surface area contributed by atoms with E-state index in [1.807, 2.05) is 13.8 Å². The number of anilines is 2. The molecule has 0 radical (unpaired) electrons. The molecule has 1 aromatic rings. The molecule has 6 nitrogen and oxygen atoms in total. The highest BCUT2D eigenvalue weighted by Crippen LogP contribution is 2.14. The highest BCUT2D eigenvalue weighted by molar-refractivity contribution is 5.76. The molecule has 0 atom stereocenters. The van der Waals surface area contributed by atoms with Gasteiger partial charge in [-0.2, -0.15) is 0 Å². The fourth-order valence-electron chi connectivity index (χ4n) is 1.29. The number of hydrogen-bond acceptors (Lipinski definition) is 5. The molecule has 1 heterocycles. The SMILES string of the molecule is CCCNC(=O)CCNc1ncnc(N)c1C. The quantitative estimate of drug-likeness (QED) is 0.677. The molecule has 0 aliphatic carbocycles. The monoisotopic (exact) mass is 237 g/mol. The number of nitrogen functional groups attached to an aromatic ring is 1. The second-order valence-electron chi connectivity index (χ2n) is 3.76. The van der Waals surface area contributed by atoms with Crippen molar-refractivity contribution in [1.29, 1.82) is 0 Å². The molecule has 0 spiro atoms. The van der Waals surface area contributed by atoms with Gasteiger partial charge in [0.1, 0.15) is 18.0 Å². The van der Waals surface area contributed by atoms with E-state index in [9.17, 15) is 4.79 Å². The molecule has 1 aromatic heterocycles. The Labute approximate surface area is 101 Å². The maximum absolute atomic E-state index is 11.3. The standard InChI is InChI=1S/C11H19N5O/c1-3-5-13-9(17)4-6-14-11-8(2)10(12)15-7-16-11/h7H,3-6H2,1-2H3,(H,13,17)(H3,12,14,15,16). The van der Waals surface area contributed by atoms with E-state index >= 15 is 0 Å². The lowest BCUT2D eigenvalue weighted by Gasteiger charge is -2.09. The highest BCUT2D eigenvalue weighted by Gasteiger charge is 2.04. The number of carbonyl (C=O) groups excluding carboxylic acids is 1. The lowest BCUT2D eigenvalue weighted by molar-refractivity contribution is -0.120. The molecule has 6 heteroatoms. The molecule has 0 unspecified atom stereocenters. The molecule has 94 valence electrons. The van der Waals surface area contributed by atoms with Crippen LogP contribution in [0.5, 0.6) is 0 Å². The smallest absolute Gasteiger partial charge is 0.221 e. The summed E-state index contributed by atoms with van der Waals surface area (Å²) in [7, 11) is 0. The van der Waals surface area contributed by atoms with Crippen molar-refractivity contribution in [1.82, 2.24) is 15.3 Å². The van der Waals surface area contributed by atoms with Gasteiger partial charge < -0.3 is 16.4 Å². The van der Waals surface area contributed by atoms with Gasteiger partial charge in [0.25, 0.3) is 0 Å². The van der Waals surface area contributed by atoms with Crippen LogP contribution in [0.3, 0.4) is 0 Å². The Kier molecular flexibility index (Phi) is 5.19. The second kappa shape index (κ2) is 6.67. The Morgan fingerprint density at radius 3 is 2.88 bits per heavy atom. The molecular weight excluding hydrogens is 218 g/mol. The normalized spacial score (nSPS) is 10.0. The van der Waals surface area contributed by atoms with Crippen LogP contribution >= 0.6 is 0 Å². The zero-order valence-electron chi connectivity index (χ0n) is 10.3. The molecular formula is C11H19N5O. The minimum absolute atomic E-state index is 0.0408. The van der Waals surface area contributed by atoms with Crippen molar-refractivity contribution in [3.8, 4) is 0 Å². The maximum atomic E-state index is 11.3. The summed E-state index contributed by atoms with van der Waals surface area (Å²) in [4.78, 5) is 19.3. The average molecular weight is 237 g/mol. The van der Waals surface area contributed by atoms with Crippen molar-refractivity contribution >= 4 is 17.5 Å². The lowest BCUT2D eigenvalue weighted by atomic mass is 10.3. The van der Waals surface area contributed by atoms with E-state index in [4.69, 9.17) is 5.73 Å². The van der Waals surface area contributed by atoms with Gasteiger partial charge in [-0.3, -0.25) is 4.79 Å². The van der Waals surface area contributed by atoms with Crippen LogP contribution in [0, 0.1) is 6.92 Å². The van der Waals surface area contributed by atoms with Gasteiger partial charge in [-0.25, -0.2) is 9.97 Å². The number of rotatable bonds is 6. The Hall–Kier alpha value is -1.85.